The van der Waals surface area contributed by atoms with E-state index >= 15 is 0 Å². The van der Waals surface area contributed by atoms with Gasteiger partial charge in [0.2, 0.25) is 5.91 Å². The fraction of sp³-hybridized carbons (Fsp3) is 0.200. The van der Waals surface area contributed by atoms with Gasteiger partial charge in [0, 0.05) is 70.4 Å². The number of hydrogen-bond donors (Lipinski definition) is 4. The molecule has 0 aromatic carbocycles. The lowest BCUT2D eigenvalue weighted by molar-refractivity contribution is -0.117. The van der Waals surface area contributed by atoms with E-state index in [0.29, 0.717) is 23.7 Å². The number of fused-ring (bicyclic) bond motifs is 2. The van der Waals surface area contributed by atoms with Crippen molar-refractivity contribution in [2.24, 2.45) is 5.92 Å². The highest BCUT2D eigenvalue weighted by Crippen LogP contribution is 2.34. The molecule has 1 aliphatic heterocycles. The van der Waals surface area contributed by atoms with E-state index in [1.807, 2.05) is 30.3 Å². The van der Waals surface area contributed by atoms with Crippen molar-refractivity contribution < 1.29 is 4.79 Å². The summed E-state index contributed by atoms with van der Waals surface area (Å²) in [7, 11) is 0. The first-order chi connectivity index (χ1) is 19.7. The molecule has 0 radical (unpaired) electrons. The molecule has 10 nitrogen and oxygen atoms in total. The average Bonchev–Trinajstić information content (AvgIpc) is 3.62. The average molecular weight is 530 g/mol. The Kier molecular flexibility index (Phi) is 6.21. The van der Waals surface area contributed by atoms with Crippen LogP contribution in [0.25, 0.3) is 55.7 Å². The van der Waals surface area contributed by atoms with Gasteiger partial charge in [0.15, 0.2) is 5.65 Å². The van der Waals surface area contributed by atoms with E-state index < -0.39 is 0 Å². The Bertz CT molecular complexity index is 1820. The van der Waals surface area contributed by atoms with Gasteiger partial charge < -0.3 is 15.6 Å². The molecule has 4 N–H and O–H groups in total. The van der Waals surface area contributed by atoms with Gasteiger partial charge >= 0.3 is 0 Å². The number of piperidine rings is 1. The first-order valence-electron chi connectivity index (χ1n) is 13.4. The largest absolute Gasteiger partial charge is 0.353 e. The molecule has 40 heavy (non-hydrogen) atoms. The van der Waals surface area contributed by atoms with E-state index in [0.717, 1.165) is 76.0 Å². The summed E-state index contributed by atoms with van der Waals surface area (Å²) in [6.07, 6.45) is 13.2. The fourth-order valence-electron chi connectivity index (χ4n) is 5.41. The van der Waals surface area contributed by atoms with Crippen LogP contribution in [0.2, 0.25) is 0 Å². The predicted molar refractivity (Wildman–Crippen MR) is 154 cm³/mol. The number of anilines is 1. The Morgan fingerprint density at radius 3 is 2.58 bits per heavy atom. The van der Waals surface area contributed by atoms with Crippen molar-refractivity contribution in [3.05, 3.63) is 73.6 Å². The third kappa shape index (κ3) is 4.69. The SMILES string of the molecule is O=C(CC1CCNCC1)Nc1cncc(-c2cnc3[nH]nc(-c4cc5c(-c6ccncc6)nccc5[nH]4)c3c2)c1. The van der Waals surface area contributed by atoms with Crippen LogP contribution in [-0.2, 0) is 4.79 Å². The van der Waals surface area contributed by atoms with Crippen LogP contribution >= 0.6 is 0 Å². The van der Waals surface area contributed by atoms with E-state index in [1.54, 1.807) is 37.2 Å². The molecule has 0 spiro atoms. The summed E-state index contributed by atoms with van der Waals surface area (Å²) >= 11 is 0. The molecule has 0 unspecified atom stereocenters. The summed E-state index contributed by atoms with van der Waals surface area (Å²) in [4.78, 5) is 33.9. The minimum absolute atomic E-state index is 0.0241. The van der Waals surface area contributed by atoms with Gasteiger partial charge in [-0.25, -0.2) is 4.98 Å². The molecule has 1 fully saturated rings. The van der Waals surface area contributed by atoms with Gasteiger partial charge in [-0.2, -0.15) is 5.10 Å². The van der Waals surface area contributed by atoms with E-state index in [1.165, 1.54) is 0 Å². The van der Waals surface area contributed by atoms with Crippen molar-refractivity contribution in [1.82, 2.24) is 40.4 Å². The van der Waals surface area contributed by atoms with Crippen LogP contribution < -0.4 is 10.6 Å². The third-order valence-corrected chi connectivity index (χ3v) is 7.46. The summed E-state index contributed by atoms with van der Waals surface area (Å²) in [5.41, 5.74) is 7.58. The second kappa shape index (κ2) is 10.3. The number of amides is 1. The topological polar surface area (TPSA) is 137 Å². The Morgan fingerprint density at radius 2 is 1.70 bits per heavy atom. The molecule has 0 aliphatic carbocycles. The number of carbonyl (C=O) groups excluding carboxylic acids is 1. The maximum atomic E-state index is 12.7. The molecule has 0 saturated carbocycles. The smallest absolute Gasteiger partial charge is 0.224 e. The van der Waals surface area contributed by atoms with Crippen molar-refractivity contribution in [2.75, 3.05) is 18.4 Å². The number of rotatable bonds is 6. The van der Waals surface area contributed by atoms with Crippen molar-refractivity contribution in [1.29, 1.82) is 0 Å². The molecular weight excluding hydrogens is 502 g/mol. The van der Waals surface area contributed by atoms with Gasteiger partial charge in [-0.1, -0.05) is 0 Å². The molecule has 0 bridgehead atoms. The van der Waals surface area contributed by atoms with Crippen LogP contribution in [0.15, 0.2) is 73.6 Å². The van der Waals surface area contributed by atoms with Crippen LogP contribution in [-0.4, -0.2) is 54.1 Å². The molecule has 1 aliphatic rings. The van der Waals surface area contributed by atoms with Crippen molar-refractivity contribution >= 4 is 33.5 Å². The normalized spacial score (nSPS) is 14.1. The lowest BCUT2D eigenvalue weighted by Gasteiger charge is -2.21. The number of carbonyl (C=O) groups is 1. The van der Waals surface area contributed by atoms with E-state index in [-0.39, 0.29) is 5.91 Å². The molecule has 1 amide bonds. The zero-order valence-corrected chi connectivity index (χ0v) is 21.7. The first kappa shape index (κ1) is 24.1. The molecule has 7 rings (SSSR count). The highest BCUT2D eigenvalue weighted by atomic mass is 16.1. The van der Waals surface area contributed by atoms with Gasteiger partial charge in [-0.15, -0.1) is 0 Å². The Balaban J connectivity index is 1.19. The maximum absolute atomic E-state index is 12.7. The van der Waals surface area contributed by atoms with E-state index in [4.69, 9.17) is 0 Å². The van der Waals surface area contributed by atoms with E-state index in [9.17, 15) is 4.79 Å². The van der Waals surface area contributed by atoms with Gasteiger partial charge in [0.05, 0.1) is 23.3 Å². The fourth-order valence-corrected chi connectivity index (χ4v) is 5.41. The summed E-state index contributed by atoms with van der Waals surface area (Å²) in [6.45, 7) is 1.95. The number of hydrogen-bond acceptors (Lipinski definition) is 7. The predicted octanol–water partition coefficient (Wildman–Crippen LogP) is 4.95. The quantitative estimate of drug-likeness (QED) is 0.239. The molecule has 1 saturated heterocycles. The molecule has 6 aromatic rings. The number of nitrogens with one attached hydrogen (secondary N) is 4. The number of aromatic nitrogens is 7. The Labute approximate surface area is 229 Å². The van der Waals surface area contributed by atoms with Crippen molar-refractivity contribution in [3.8, 4) is 33.8 Å². The number of H-pyrrole nitrogens is 2. The Morgan fingerprint density at radius 1 is 0.850 bits per heavy atom. The highest BCUT2D eigenvalue weighted by Gasteiger charge is 2.18. The second-order valence-corrected chi connectivity index (χ2v) is 10.1. The maximum Gasteiger partial charge on any atom is 0.224 e. The zero-order valence-electron chi connectivity index (χ0n) is 21.7. The van der Waals surface area contributed by atoms with Gasteiger partial charge in [0.25, 0.3) is 0 Å². The number of aromatic amines is 2. The van der Waals surface area contributed by atoms with Gasteiger partial charge in [-0.05, 0) is 68.2 Å². The molecule has 6 aromatic heterocycles. The highest BCUT2D eigenvalue weighted by molar-refractivity contribution is 6.00. The van der Waals surface area contributed by atoms with Gasteiger partial charge in [-0.3, -0.25) is 24.8 Å². The summed E-state index contributed by atoms with van der Waals surface area (Å²) in [5, 5.41) is 15.9. The van der Waals surface area contributed by atoms with Crippen LogP contribution in [0.3, 0.4) is 0 Å². The lowest BCUT2D eigenvalue weighted by Crippen LogP contribution is -2.30. The number of nitrogens with zero attached hydrogens (tertiary/aromatic N) is 5. The molecular formula is C30H27N9O. The summed E-state index contributed by atoms with van der Waals surface area (Å²) in [5.74, 6) is 0.445. The Hall–Kier alpha value is -4.96. The van der Waals surface area contributed by atoms with Crippen LogP contribution in [0.1, 0.15) is 19.3 Å². The molecule has 10 heteroatoms. The zero-order chi connectivity index (χ0) is 26.9. The molecule has 198 valence electrons. The number of pyridine rings is 4. The standard InChI is InChI=1S/C30H27N9O/c40-27(11-18-1-6-31-7-2-18)36-22-12-20(15-33-17-22)21-13-24-29(38-39-30(24)35-16-21)26-14-23-25(37-26)5-10-34-28(23)19-3-8-32-9-4-19/h3-5,8-10,12-18,31,37H,1-2,6-7,11H2,(H,36,40)(H,35,38,39). The van der Waals surface area contributed by atoms with Crippen molar-refractivity contribution in [2.45, 2.75) is 19.3 Å². The van der Waals surface area contributed by atoms with Crippen LogP contribution in [0.4, 0.5) is 5.69 Å². The van der Waals surface area contributed by atoms with Crippen molar-refractivity contribution in [3.63, 3.8) is 0 Å². The third-order valence-electron chi connectivity index (χ3n) is 7.46. The monoisotopic (exact) mass is 529 g/mol. The summed E-state index contributed by atoms with van der Waals surface area (Å²) in [6, 6.07) is 11.9. The van der Waals surface area contributed by atoms with E-state index in [2.05, 4.69) is 51.8 Å². The second-order valence-electron chi connectivity index (χ2n) is 10.1. The minimum atomic E-state index is 0.0241. The summed E-state index contributed by atoms with van der Waals surface area (Å²) < 4.78 is 0. The lowest BCUT2D eigenvalue weighted by atomic mass is 9.94. The van der Waals surface area contributed by atoms with Gasteiger partial charge in [0.1, 0.15) is 5.69 Å². The molecule has 0 atom stereocenters. The van der Waals surface area contributed by atoms with Crippen LogP contribution in [0.5, 0.6) is 0 Å². The minimum Gasteiger partial charge on any atom is -0.353 e. The first-order valence-corrected chi connectivity index (χ1v) is 13.4. The van der Waals surface area contributed by atoms with Crippen LogP contribution in [0, 0.1) is 5.92 Å². The molecule has 7 heterocycles.